The molecule has 0 radical (unpaired) electrons. The molecule has 1 atom stereocenters. The third kappa shape index (κ3) is 3.52. The predicted octanol–water partition coefficient (Wildman–Crippen LogP) is 4.92. The van der Waals surface area contributed by atoms with Crippen molar-refractivity contribution in [2.45, 2.75) is 33.2 Å². The highest BCUT2D eigenvalue weighted by Crippen LogP contribution is 2.30. The first-order valence-electron chi connectivity index (χ1n) is 10.1. The van der Waals surface area contributed by atoms with Gasteiger partial charge in [-0.2, -0.15) is 0 Å². The van der Waals surface area contributed by atoms with Gasteiger partial charge in [0.2, 0.25) is 0 Å². The summed E-state index contributed by atoms with van der Waals surface area (Å²) < 4.78 is 1.69. The summed E-state index contributed by atoms with van der Waals surface area (Å²) in [5.41, 5.74) is 5.19. The van der Waals surface area contributed by atoms with Gasteiger partial charge < -0.3 is 10.3 Å². The number of imidazole rings is 1. The second kappa shape index (κ2) is 7.99. The number of nitrogens with zero attached hydrogens (tertiary/aromatic N) is 2. The smallest absolute Gasteiger partial charge is 0.322 e. The Labute approximate surface area is 174 Å². The maximum atomic E-state index is 12.8. The fourth-order valence-electron chi connectivity index (χ4n) is 3.61. The molecule has 152 valence electrons. The van der Waals surface area contributed by atoms with Gasteiger partial charge in [0.25, 0.3) is 5.91 Å². The Morgan fingerprint density at radius 3 is 2.63 bits per heavy atom. The highest BCUT2D eigenvalue weighted by Gasteiger charge is 2.18. The molecule has 0 spiro atoms. The number of H-pyrrole nitrogens is 1. The van der Waals surface area contributed by atoms with Gasteiger partial charge in [0.15, 0.2) is 5.65 Å². The molecule has 2 N–H and O–H groups in total. The Morgan fingerprint density at radius 2 is 1.90 bits per heavy atom. The third-order valence-electron chi connectivity index (χ3n) is 5.46. The number of hydrogen-bond acceptors (Lipinski definition) is 3. The normalized spacial score (nSPS) is 12.1. The van der Waals surface area contributed by atoms with Gasteiger partial charge in [0.1, 0.15) is 0 Å². The van der Waals surface area contributed by atoms with Crippen LogP contribution in [0.15, 0.2) is 65.6 Å². The van der Waals surface area contributed by atoms with Crippen molar-refractivity contribution in [2.24, 2.45) is 0 Å². The minimum absolute atomic E-state index is 0.0399. The van der Waals surface area contributed by atoms with Crippen LogP contribution in [0.1, 0.15) is 42.2 Å². The van der Waals surface area contributed by atoms with E-state index in [2.05, 4.69) is 15.3 Å². The van der Waals surface area contributed by atoms with Crippen LogP contribution in [0.5, 0.6) is 0 Å². The first-order valence-corrected chi connectivity index (χ1v) is 10.1. The van der Waals surface area contributed by atoms with E-state index in [9.17, 15) is 9.59 Å². The van der Waals surface area contributed by atoms with E-state index in [4.69, 9.17) is 0 Å². The Morgan fingerprint density at radius 1 is 1.13 bits per heavy atom. The number of benzene rings is 2. The van der Waals surface area contributed by atoms with E-state index < -0.39 is 0 Å². The van der Waals surface area contributed by atoms with Crippen LogP contribution >= 0.6 is 0 Å². The topological polar surface area (TPSA) is 79.8 Å². The monoisotopic (exact) mass is 400 g/mol. The van der Waals surface area contributed by atoms with E-state index in [1.807, 2.05) is 75.4 Å². The lowest BCUT2D eigenvalue weighted by atomic mass is 9.97. The predicted molar refractivity (Wildman–Crippen MR) is 120 cm³/mol. The molecule has 1 unspecified atom stereocenters. The van der Waals surface area contributed by atoms with E-state index in [1.54, 1.807) is 10.8 Å². The lowest BCUT2D eigenvalue weighted by Crippen LogP contribution is -2.20. The lowest BCUT2D eigenvalue weighted by Gasteiger charge is -2.12. The van der Waals surface area contributed by atoms with Gasteiger partial charge in [-0.1, -0.05) is 31.2 Å². The van der Waals surface area contributed by atoms with Crippen LogP contribution in [0.2, 0.25) is 0 Å². The van der Waals surface area contributed by atoms with E-state index in [0.717, 1.165) is 28.8 Å². The number of aromatic amines is 1. The van der Waals surface area contributed by atoms with Gasteiger partial charge in [-0.05, 0) is 61.7 Å². The highest BCUT2D eigenvalue weighted by molar-refractivity contribution is 6.05. The summed E-state index contributed by atoms with van der Waals surface area (Å²) in [6.45, 7) is 6.03. The van der Waals surface area contributed by atoms with Gasteiger partial charge in [0, 0.05) is 29.1 Å². The number of anilines is 1. The number of para-hydroxylation sites is 1. The Balaban J connectivity index is 1.79. The first kappa shape index (κ1) is 19.6. The average molecular weight is 400 g/mol. The molecule has 0 aliphatic carbocycles. The van der Waals surface area contributed by atoms with Crippen molar-refractivity contribution in [2.75, 3.05) is 5.32 Å². The average Bonchev–Trinajstić information content (AvgIpc) is 3.10. The standard InChI is InChI=1S/C24H24N4O2/c1-4-16(3)28-22-21(27-24(28)30)19(12-13-25-22)20-14-17(11-10-15(20)2)23(29)26-18-8-6-5-7-9-18/h5-14,16H,4H2,1-3H3,(H,26,29)(H,27,30). The van der Waals surface area contributed by atoms with Crippen molar-refractivity contribution in [3.63, 3.8) is 0 Å². The third-order valence-corrected chi connectivity index (χ3v) is 5.46. The lowest BCUT2D eigenvalue weighted by molar-refractivity contribution is 0.102. The van der Waals surface area contributed by atoms with Gasteiger partial charge in [-0.15, -0.1) is 0 Å². The number of hydrogen-bond donors (Lipinski definition) is 2. The van der Waals surface area contributed by atoms with Crippen molar-refractivity contribution in [3.05, 3.63) is 82.4 Å². The maximum absolute atomic E-state index is 12.8. The van der Waals surface area contributed by atoms with Gasteiger partial charge >= 0.3 is 5.69 Å². The molecule has 2 aromatic carbocycles. The molecule has 0 saturated heterocycles. The molecule has 6 heteroatoms. The minimum atomic E-state index is -0.182. The second-order valence-corrected chi connectivity index (χ2v) is 7.46. The number of carbonyl (C=O) groups excluding carboxylic acids is 1. The molecule has 0 saturated carbocycles. The van der Waals surface area contributed by atoms with Crippen LogP contribution < -0.4 is 11.0 Å². The number of fused-ring (bicyclic) bond motifs is 1. The minimum Gasteiger partial charge on any atom is -0.322 e. The number of amides is 1. The molecule has 0 fully saturated rings. The van der Waals surface area contributed by atoms with Crippen molar-refractivity contribution in [1.82, 2.24) is 14.5 Å². The van der Waals surface area contributed by atoms with Crippen LogP contribution in [0.4, 0.5) is 5.69 Å². The summed E-state index contributed by atoms with van der Waals surface area (Å²) in [4.78, 5) is 32.8. The van der Waals surface area contributed by atoms with Crippen LogP contribution in [-0.4, -0.2) is 20.4 Å². The first-order chi connectivity index (χ1) is 14.5. The molecule has 2 heterocycles. The van der Waals surface area contributed by atoms with Crippen LogP contribution in [-0.2, 0) is 0 Å². The van der Waals surface area contributed by atoms with Gasteiger partial charge in [-0.25, -0.2) is 9.78 Å². The van der Waals surface area contributed by atoms with Crippen LogP contribution in [0.3, 0.4) is 0 Å². The fourth-order valence-corrected chi connectivity index (χ4v) is 3.61. The summed E-state index contributed by atoms with van der Waals surface area (Å²) >= 11 is 0. The SMILES string of the molecule is CCC(C)n1c(=O)[nH]c2c(-c3cc(C(=O)Nc4ccccc4)ccc3C)ccnc21. The molecule has 6 nitrogen and oxygen atoms in total. The summed E-state index contributed by atoms with van der Waals surface area (Å²) in [5, 5.41) is 2.92. The molecule has 0 aliphatic rings. The number of nitrogens with one attached hydrogen (secondary N) is 2. The Bertz CT molecular complexity index is 1270. The maximum Gasteiger partial charge on any atom is 0.327 e. The number of aryl methyl sites for hydroxylation is 1. The number of carbonyl (C=O) groups is 1. The Hall–Kier alpha value is -3.67. The van der Waals surface area contributed by atoms with E-state index in [0.29, 0.717) is 16.7 Å². The number of pyridine rings is 1. The summed E-state index contributed by atoms with van der Waals surface area (Å²) in [5.74, 6) is -0.182. The van der Waals surface area contributed by atoms with Crippen molar-refractivity contribution >= 4 is 22.8 Å². The van der Waals surface area contributed by atoms with Crippen molar-refractivity contribution in [3.8, 4) is 11.1 Å². The molecular formula is C24H24N4O2. The molecular weight excluding hydrogens is 376 g/mol. The van der Waals surface area contributed by atoms with Gasteiger partial charge in [0.05, 0.1) is 5.52 Å². The fraction of sp³-hybridized carbons (Fsp3) is 0.208. The van der Waals surface area contributed by atoms with E-state index in [-0.39, 0.29) is 17.6 Å². The highest BCUT2D eigenvalue weighted by atomic mass is 16.2. The van der Waals surface area contributed by atoms with Crippen molar-refractivity contribution in [1.29, 1.82) is 0 Å². The molecule has 30 heavy (non-hydrogen) atoms. The number of rotatable bonds is 5. The largest absolute Gasteiger partial charge is 0.327 e. The zero-order valence-corrected chi connectivity index (χ0v) is 17.3. The van der Waals surface area contributed by atoms with E-state index in [1.165, 1.54) is 0 Å². The summed E-state index contributed by atoms with van der Waals surface area (Å²) in [6.07, 6.45) is 2.53. The zero-order valence-electron chi connectivity index (χ0n) is 17.3. The summed E-state index contributed by atoms with van der Waals surface area (Å²) in [7, 11) is 0. The van der Waals surface area contributed by atoms with Crippen LogP contribution in [0.25, 0.3) is 22.3 Å². The van der Waals surface area contributed by atoms with Crippen molar-refractivity contribution < 1.29 is 4.79 Å². The number of aromatic nitrogens is 3. The molecule has 0 aliphatic heterocycles. The molecule has 4 rings (SSSR count). The molecule has 0 bridgehead atoms. The molecule has 1 amide bonds. The molecule has 2 aromatic heterocycles. The second-order valence-electron chi connectivity index (χ2n) is 7.46. The van der Waals surface area contributed by atoms with E-state index >= 15 is 0 Å². The van der Waals surface area contributed by atoms with Crippen LogP contribution in [0, 0.1) is 6.92 Å². The Kier molecular flexibility index (Phi) is 5.23. The van der Waals surface area contributed by atoms with Gasteiger partial charge in [-0.3, -0.25) is 9.36 Å². The zero-order chi connectivity index (χ0) is 21.3. The summed E-state index contributed by atoms with van der Waals surface area (Å²) in [6, 6.07) is 16.9. The quantitative estimate of drug-likeness (QED) is 0.499. The molecule has 4 aromatic rings.